The van der Waals surface area contributed by atoms with Crippen molar-refractivity contribution < 1.29 is 19.1 Å². The zero-order valence-electron chi connectivity index (χ0n) is 19.3. The van der Waals surface area contributed by atoms with Crippen molar-refractivity contribution in [2.75, 3.05) is 11.9 Å². The highest BCUT2D eigenvalue weighted by atomic mass is 35.5. The summed E-state index contributed by atoms with van der Waals surface area (Å²) < 4.78 is 6.99. The molecule has 0 bridgehead atoms. The first-order valence-electron chi connectivity index (χ1n) is 10.7. The third-order valence-electron chi connectivity index (χ3n) is 4.99. The first-order valence-corrected chi connectivity index (χ1v) is 11.5. The lowest BCUT2D eigenvalue weighted by molar-refractivity contribution is -0.149. The fourth-order valence-corrected chi connectivity index (χ4v) is 4.08. The Morgan fingerprint density at radius 1 is 1.30 bits per heavy atom. The molecule has 2 heterocycles. The lowest BCUT2D eigenvalue weighted by Gasteiger charge is -2.18. The standard InChI is InChI=1S/C23H30N4O4S.ClH/c1-15-12-16(7-8-17(15)25-19(28)13-23(2,3)4)20(29)26-22-27(10-11-32-22)14-31-21(30)18-6-5-9-24-18;/h7-8,10-12,18,24H,5-6,9,13-14H2,1-4H3,(H,25,28);1H/t18-;/m0./s1. The number of amides is 2. The number of nitrogens with zero attached hydrogens (tertiary/aromatic N) is 2. The van der Waals surface area contributed by atoms with Gasteiger partial charge in [-0.2, -0.15) is 4.99 Å². The monoisotopic (exact) mass is 494 g/mol. The highest BCUT2D eigenvalue weighted by molar-refractivity contribution is 7.07. The molecule has 180 valence electrons. The van der Waals surface area contributed by atoms with Crippen LogP contribution >= 0.6 is 23.7 Å². The maximum atomic E-state index is 12.7. The van der Waals surface area contributed by atoms with Crippen LogP contribution in [0.3, 0.4) is 0 Å². The Balaban J connectivity index is 0.00000385. The predicted octanol–water partition coefficient (Wildman–Crippen LogP) is 3.65. The molecule has 3 rings (SSSR count). The Hall–Kier alpha value is -2.49. The van der Waals surface area contributed by atoms with E-state index in [9.17, 15) is 14.4 Å². The third-order valence-corrected chi connectivity index (χ3v) is 5.78. The summed E-state index contributed by atoms with van der Waals surface area (Å²) in [6.07, 6.45) is 3.86. The highest BCUT2D eigenvalue weighted by Gasteiger charge is 2.23. The lowest BCUT2D eigenvalue weighted by Crippen LogP contribution is -2.33. The summed E-state index contributed by atoms with van der Waals surface area (Å²) >= 11 is 1.29. The van der Waals surface area contributed by atoms with Crippen molar-refractivity contribution in [3.8, 4) is 0 Å². The fourth-order valence-electron chi connectivity index (χ4n) is 3.37. The van der Waals surface area contributed by atoms with Gasteiger partial charge in [0.05, 0.1) is 0 Å². The average molecular weight is 495 g/mol. The molecule has 0 unspecified atom stereocenters. The maximum absolute atomic E-state index is 12.7. The summed E-state index contributed by atoms with van der Waals surface area (Å²) in [7, 11) is 0. The number of benzene rings is 1. The van der Waals surface area contributed by atoms with Gasteiger partial charge in [0, 0.05) is 29.2 Å². The molecule has 2 amide bonds. The number of nitrogens with one attached hydrogen (secondary N) is 2. The van der Waals surface area contributed by atoms with Crippen LogP contribution in [-0.2, 0) is 21.1 Å². The number of esters is 1. The van der Waals surface area contributed by atoms with Crippen LogP contribution in [0.4, 0.5) is 5.69 Å². The number of carbonyl (C=O) groups is 3. The van der Waals surface area contributed by atoms with E-state index in [-0.39, 0.29) is 42.5 Å². The Kier molecular flexibility index (Phi) is 9.39. The van der Waals surface area contributed by atoms with E-state index in [4.69, 9.17) is 4.74 Å². The normalized spacial score (nSPS) is 16.2. The number of aromatic nitrogens is 1. The smallest absolute Gasteiger partial charge is 0.324 e. The van der Waals surface area contributed by atoms with Crippen LogP contribution < -0.4 is 15.4 Å². The van der Waals surface area contributed by atoms with Crippen LogP contribution in [0.2, 0.25) is 0 Å². The van der Waals surface area contributed by atoms with Crippen molar-refractivity contribution in [1.82, 2.24) is 9.88 Å². The first-order chi connectivity index (χ1) is 15.1. The Bertz CT molecular complexity index is 1060. The highest BCUT2D eigenvalue weighted by Crippen LogP contribution is 2.22. The molecule has 1 aliphatic rings. The van der Waals surface area contributed by atoms with E-state index in [1.165, 1.54) is 11.3 Å². The van der Waals surface area contributed by atoms with Gasteiger partial charge in [0.2, 0.25) is 5.91 Å². The molecule has 0 saturated carbocycles. The average Bonchev–Trinajstić information content (AvgIpc) is 3.38. The second kappa shape index (κ2) is 11.6. The van der Waals surface area contributed by atoms with Crippen LogP contribution in [0.1, 0.15) is 56.0 Å². The molecule has 1 aromatic heterocycles. The minimum absolute atomic E-state index is 0. The van der Waals surface area contributed by atoms with Gasteiger partial charge in [0.1, 0.15) is 6.04 Å². The summed E-state index contributed by atoms with van der Waals surface area (Å²) in [5.74, 6) is -0.759. The first kappa shape index (κ1) is 26.8. The number of anilines is 1. The quantitative estimate of drug-likeness (QED) is 0.597. The van der Waals surface area contributed by atoms with Gasteiger partial charge in [-0.05, 0) is 55.5 Å². The van der Waals surface area contributed by atoms with Gasteiger partial charge in [-0.3, -0.25) is 19.0 Å². The Labute approximate surface area is 203 Å². The summed E-state index contributed by atoms with van der Waals surface area (Å²) in [5.41, 5.74) is 1.77. The lowest BCUT2D eigenvalue weighted by atomic mass is 9.92. The number of carbonyl (C=O) groups excluding carboxylic acids is 3. The number of halogens is 1. The molecule has 1 fully saturated rings. The summed E-state index contributed by atoms with van der Waals surface area (Å²) in [5, 5.41) is 7.79. The fraction of sp³-hybridized carbons (Fsp3) is 0.478. The van der Waals surface area contributed by atoms with Crippen LogP contribution in [0, 0.1) is 12.3 Å². The summed E-state index contributed by atoms with van der Waals surface area (Å²) in [6.45, 7) is 8.68. The molecule has 1 aromatic carbocycles. The van der Waals surface area contributed by atoms with Crippen molar-refractivity contribution in [1.29, 1.82) is 0 Å². The molecule has 2 N–H and O–H groups in total. The van der Waals surface area contributed by atoms with Gasteiger partial charge in [-0.15, -0.1) is 23.7 Å². The van der Waals surface area contributed by atoms with E-state index in [1.54, 1.807) is 34.3 Å². The molecule has 1 aliphatic heterocycles. The van der Waals surface area contributed by atoms with Crippen LogP contribution in [0.25, 0.3) is 0 Å². The molecule has 0 spiro atoms. The topological polar surface area (TPSA) is 102 Å². The van der Waals surface area contributed by atoms with Crippen molar-refractivity contribution in [3.05, 3.63) is 45.7 Å². The maximum Gasteiger partial charge on any atom is 0.324 e. The number of hydrogen-bond acceptors (Lipinski definition) is 6. The zero-order valence-corrected chi connectivity index (χ0v) is 21.0. The molecule has 1 saturated heterocycles. The van der Waals surface area contributed by atoms with E-state index >= 15 is 0 Å². The van der Waals surface area contributed by atoms with E-state index in [2.05, 4.69) is 15.6 Å². The number of aryl methyl sites for hydroxylation is 1. The SMILES string of the molecule is Cc1cc(C(=O)N=c2sccn2COC(=O)[C@@H]2CCCN2)ccc1NC(=O)CC(C)(C)C.Cl. The van der Waals surface area contributed by atoms with Crippen molar-refractivity contribution >= 4 is 47.2 Å². The van der Waals surface area contributed by atoms with Crippen molar-refractivity contribution in [2.24, 2.45) is 10.4 Å². The van der Waals surface area contributed by atoms with Crippen molar-refractivity contribution in [3.63, 3.8) is 0 Å². The molecular weight excluding hydrogens is 464 g/mol. The number of ether oxygens (including phenoxy) is 1. The molecule has 0 aliphatic carbocycles. The van der Waals surface area contributed by atoms with Gasteiger partial charge in [-0.25, -0.2) is 0 Å². The second-order valence-corrected chi connectivity index (χ2v) is 10.0. The van der Waals surface area contributed by atoms with Gasteiger partial charge in [0.25, 0.3) is 5.91 Å². The molecular formula is C23H31ClN4O4S. The second-order valence-electron chi connectivity index (χ2n) is 9.13. The number of hydrogen-bond donors (Lipinski definition) is 2. The van der Waals surface area contributed by atoms with Crippen LogP contribution in [0.15, 0.2) is 34.8 Å². The zero-order chi connectivity index (χ0) is 23.3. The molecule has 8 nitrogen and oxygen atoms in total. The van der Waals surface area contributed by atoms with E-state index in [0.717, 1.165) is 24.9 Å². The molecule has 2 aromatic rings. The summed E-state index contributed by atoms with van der Waals surface area (Å²) in [6, 6.07) is 4.82. The van der Waals surface area contributed by atoms with E-state index in [0.29, 0.717) is 22.5 Å². The molecule has 0 radical (unpaired) electrons. The Morgan fingerprint density at radius 3 is 2.70 bits per heavy atom. The third kappa shape index (κ3) is 7.80. The largest absolute Gasteiger partial charge is 0.443 e. The minimum atomic E-state index is -0.402. The van der Waals surface area contributed by atoms with Gasteiger partial charge in [0.15, 0.2) is 11.5 Å². The number of rotatable bonds is 6. The van der Waals surface area contributed by atoms with E-state index < -0.39 is 5.91 Å². The minimum Gasteiger partial charge on any atom is -0.443 e. The molecule has 10 heteroatoms. The molecule has 33 heavy (non-hydrogen) atoms. The summed E-state index contributed by atoms with van der Waals surface area (Å²) in [4.78, 5) is 41.6. The van der Waals surface area contributed by atoms with Gasteiger partial charge in [-0.1, -0.05) is 20.8 Å². The van der Waals surface area contributed by atoms with Gasteiger partial charge >= 0.3 is 5.97 Å². The number of thiazole rings is 1. The van der Waals surface area contributed by atoms with Gasteiger partial charge < -0.3 is 15.4 Å². The Morgan fingerprint density at radius 2 is 2.06 bits per heavy atom. The van der Waals surface area contributed by atoms with Crippen LogP contribution in [0.5, 0.6) is 0 Å². The molecule has 1 atom stereocenters. The van der Waals surface area contributed by atoms with Crippen molar-refractivity contribution in [2.45, 2.75) is 59.7 Å². The van der Waals surface area contributed by atoms with E-state index in [1.807, 2.05) is 27.7 Å². The van der Waals surface area contributed by atoms with Crippen LogP contribution in [-0.4, -0.2) is 34.9 Å². The predicted molar refractivity (Wildman–Crippen MR) is 130 cm³/mol.